The largest absolute Gasteiger partial charge is 0.309 e. The van der Waals surface area contributed by atoms with Crippen LogP contribution >= 0.6 is 22.9 Å². The summed E-state index contributed by atoms with van der Waals surface area (Å²) in [4.78, 5) is 20.1. The number of nitrogens with zero attached hydrogens (tertiary/aromatic N) is 1. The summed E-state index contributed by atoms with van der Waals surface area (Å²) in [6.45, 7) is 1.79. The Hall–Kier alpha value is -1.65. The Bertz CT molecular complexity index is 777. The smallest absolute Gasteiger partial charge is 0.260 e. The molecule has 0 bridgehead atoms. The lowest BCUT2D eigenvalue weighted by Crippen LogP contribution is -2.11. The van der Waals surface area contributed by atoms with Crippen LogP contribution < -0.4 is 5.56 Å². The van der Waals surface area contributed by atoms with E-state index in [0.29, 0.717) is 11.2 Å². The number of thiophene rings is 1. The Morgan fingerprint density at radius 3 is 2.74 bits per heavy atom. The average Bonchev–Trinajstić information content (AvgIpc) is 2.84. The maximum atomic E-state index is 12.2. The first kappa shape index (κ1) is 12.4. The SMILES string of the molecule is C[C@@H](Cl)c1nc2scc(-c3ccccc3)c2c(=O)[nH]1. The van der Waals surface area contributed by atoms with Crippen molar-refractivity contribution in [3.63, 3.8) is 0 Å². The molecule has 0 radical (unpaired) electrons. The molecule has 0 amide bonds. The summed E-state index contributed by atoms with van der Waals surface area (Å²) in [6, 6.07) is 9.83. The van der Waals surface area contributed by atoms with Gasteiger partial charge in [0.25, 0.3) is 5.56 Å². The molecule has 0 aliphatic heterocycles. The van der Waals surface area contributed by atoms with Crippen LogP contribution in [0, 0.1) is 0 Å². The fourth-order valence-corrected chi connectivity index (χ4v) is 3.04. The van der Waals surface area contributed by atoms with Gasteiger partial charge in [0.2, 0.25) is 0 Å². The standard InChI is InChI=1S/C14H11ClN2OS/c1-8(15)12-16-13(18)11-10(7-19-14(11)17-12)9-5-3-2-4-6-9/h2-8H,1H3,(H,16,17,18)/t8-/m1/s1. The van der Waals surface area contributed by atoms with Crippen molar-refractivity contribution in [1.29, 1.82) is 0 Å². The van der Waals surface area contributed by atoms with Crippen LogP contribution in [0.25, 0.3) is 21.3 Å². The van der Waals surface area contributed by atoms with E-state index in [2.05, 4.69) is 9.97 Å². The molecule has 96 valence electrons. The van der Waals surface area contributed by atoms with Crippen molar-refractivity contribution in [3.8, 4) is 11.1 Å². The van der Waals surface area contributed by atoms with Crippen molar-refractivity contribution < 1.29 is 0 Å². The third-order valence-corrected chi connectivity index (χ3v) is 4.00. The fraction of sp³-hybridized carbons (Fsp3) is 0.143. The first-order valence-electron chi connectivity index (χ1n) is 5.87. The second-order valence-electron chi connectivity index (χ2n) is 4.26. The van der Waals surface area contributed by atoms with Crippen LogP contribution in [-0.2, 0) is 0 Å². The second-order valence-corrected chi connectivity index (χ2v) is 5.78. The van der Waals surface area contributed by atoms with E-state index in [9.17, 15) is 4.79 Å². The van der Waals surface area contributed by atoms with Gasteiger partial charge in [-0.25, -0.2) is 4.98 Å². The van der Waals surface area contributed by atoms with Gasteiger partial charge in [-0.1, -0.05) is 30.3 Å². The maximum absolute atomic E-state index is 12.2. The summed E-state index contributed by atoms with van der Waals surface area (Å²) in [5.41, 5.74) is 1.81. The lowest BCUT2D eigenvalue weighted by Gasteiger charge is -2.03. The van der Waals surface area contributed by atoms with Gasteiger partial charge in [0.1, 0.15) is 10.7 Å². The van der Waals surface area contributed by atoms with E-state index in [1.165, 1.54) is 11.3 Å². The quantitative estimate of drug-likeness (QED) is 0.726. The number of halogens is 1. The monoisotopic (exact) mass is 290 g/mol. The van der Waals surface area contributed by atoms with Crippen molar-refractivity contribution in [2.75, 3.05) is 0 Å². The van der Waals surface area contributed by atoms with Crippen LogP contribution in [0.15, 0.2) is 40.5 Å². The number of benzene rings is 1. The zero-order chi connectivity index (χ0) is 13.4. The number of alkyl halides is 1. The number of hydrogen-bond donors (Lipinski definition) is 1. The zero-order valence-corrected chi connectivity index (χ0v) is 11.8. The highest BCUT2D eigenvalue weighted by molar-refractivity contribution is 7.17. The minimum absolute atomic E-state index is 0.132. The predicted octanol–water partition coefficient (Wildman–Crippen LogP) is 3.95. The van der Waals surface area contributed by atoms with Crippen molar-refractivity contribution in [1.82, 2.24) is 9.97 Å². The van der Waals surface area contributed by atoms with E-state index >= 15 is 0 Å². The van der Waals surface area contributed by atoms with Gasteiger partial charge in [-0.15, -0.1) is 22.9 Å². The number of aromatic amines is 1. The topological polar surface area (TPSA) is 45.8 Å². The normalized spacial score (nSPS) is 12.7. The van der Waals surface area contributed by atoms with Crippen LogP contribution in [0.2, 0.25) is 0 Å². The van der Waals surface area contributed by atoms with Gasteiger partial charge < -0.3 is 4.98 Å². The molecule has 19 heavy (non-hydrogen) atoms. The highest BCUT2D eigenvalue weighted by Gasteiger charge is 2.14. The van der Waals surface area contributed by atoms with E-state index in [0.717, 1.165) is 16.0 Å². The van der Waals surface area contributed by atoms with Crippen molar-refractivity contribution in [3.05, 3.63) is 51.9 Å². The summed E-state index contributed by atoms with van der Waals surface area (Å²) < 4.78 is 0. The summed E-state index contributed by atoms with van der Waals surface area (Å²) in [5.74, 6) is 0.514. The molecule has 2 aromatic heterocycles. The van der Waals surface area contributed by atoms with E-state index in [1.54, 1.807) is 6.92 Å². The number of aromatic nitrogens is 2. The minimum atomic E-state index is -0.306. The number of hydrogen-bond acceptors (Lipinski definition) is 3. The molecule has 3 aromatic rings. The Balaban J connectivity index is 2.28. The Morgan fingerprint density at radius 2 is 2.05 bits per heavy atom. The molecule has 0 fully saturated rings. The average molecular weight is 291 g/mol. The van der Waals surface area contributed by atoms with Crippen LogP contribution in [0.4, 0.5) is 0 Å². The van der Waals surface area contributed by atoms with Crippen LogP contribution in [0.1, 0.15) is 18.1 Å². The number of rotatable bonds is 2. The van der Waals surface area contributed by atoms with E-state index < -0.39 is 0 Å². The third kappa shape index (κ3) is 2.17. The molecule has 1 N–H and O–H groups in total. The number of fused-ring (bicyclic) bond motifs is 1. The molecule has 3 nitrogen and oxygen atoms in total. The van der Waals surface area contributed by atoms with Gasteiger partial charge in [-0.2, -0.15) is 0 Å². The van der Waals surface area contributed by atoms with Gasteiger partial charge in [0.05, 0.1) is 10.8 Å². The maximum Gasteiger partial charge on any atom is 0.260 e. The molecular weight excluding hydrogens is 280 g/mol. The number of nitrogens with one attached hydrogen (secondary N) is 1. The molecule has 1 atom stereocenters. The molecule has 0 aliphatic rings. The lowest BCUT2D eigenvalue weighted by molar-refractivity contribution is 0.917. The molecule has 2 heterocycles. The first-order chi connectivity index (χ1) is 9.16. The molecule has 0 aliphatic carbocycles. The molecule has 5 heteroatoms. The van der Waals surface area contributed by atoms with Crippen LogP contribution in [0.5, 0.6) is 0 Å². The molecular formula is C14H11ClN2OS. The molecule has 0 spiro atoms. The number of H-pyrrole nitrogens is 1. The van der Waals surface area contributed by atoms with Crippen molar-refractivity contribution in [2.45, 2.75) is 12.3 Å². The van der Waals surface area contributed by atoms with Crippen molar-refractivity contribution >= 4 is 33.2 Å². The lowest BCUT2D eigenvalue weighted by atomic mass is 10.1. The van der Waals surface area contributed by atoms with Gasteiger partial charge in [-0.05, 0) is 12.5 Å². The Labute approximate surface area is 118 Å². The molecule has 1 aromatic carbocycles. The molecule has 3 rings (SSSR count). The predicted molar refractivity (Wildman–Crippen MR) is 79.9 cm³/mol. The minimum Gasteiger partial charge on any atom is -0.309 e. The summed E-state index contributed by atoms with van der Waals surface area (Å²) in [5, 5.41) is 2.29. The summed E-state index contributed by atoms with van der Waals surface area (Å²) in [6.07, 6.45) is 0. The van der Waals surface area contributed by atoms with E-state index in [1.807, 2.05) is 35.7 Å². The Morgan fingerprint density at radius 1 is 1.32 bits per heavy atom. The molecule has 0 saturated heterocycles. The van der Waals surface area contributed by atoms with Gasteiger partial charge in [0, 0.05) is 10.9 Å². The summed E-state index contributed by atoms with van der Waals surface area (Å²) in [7, 11) is 0. The molecule has 0 saturated carbocycles. The van der Waals surface area contributed by atoms with Crippen LogP contribution in [-0.4, -0.2) is 9.97 Å². The van der Waals surface area contributed by atoms with Gasteiger partial charge in [-0.3, -0.25) is 4.79 Å². The van der Waals surface area contributed by atoms with Gasteiger partial charge in [0.15, 0.2) is 0 Å². The third-order valence-electron chi connectivity index (χ3n) is 2.92. The second kappa shape index (κ2) is 4.79. The van der Waals surface area contributed by atoms with E-state index in [4.69, 9.17) is 11.6 Å². The fourth-order valence-electron chi connectivity index (χ4n) is 1.98. The highest BCUT2D eigenvalue weighted by atomic mass is 35.5. The Kier molecular flexibility index (Phi) is 3.12. The summed E-state index contributed by atoms with van der Waals surface area (Å²) >= 11 is 7.44. The highest BCUT2D eigenvalue weighted by Crippen LogP contribution is 2.31. The van der Waals surface area contributed by atoms with Gasteiger partial charge >= 0.3 is 0 Å². The van der Waals surface area contributed by atoms with Crippen LogP contribution in [0.3, 0.4) is 0 Å². The zero-order valence-electron chi connectivity index (χ0n) is 10.2. The first-order valence-corrected chi connectivity index (χ1v) is 7.19. The van der Waals surface area contributed by atoms with E-state index in [-0.39, 0.29) is 10.9 Å². The van der Waals surface area contributed by atoms with Crippen molar-refractivity contribution in [2.24, 2.45) is 0 Å². The molecule has 0 unspecified atom stereocenters.